The van der Waals surface area contributed by atoms with E-state index < -0.39 is 11.6 Å². The summed E-state index contributed by atoms with van der Waals surface area (Å²) in [6, 6.07) is 0. The summed E-state index contributed by atoms with van der Waals surface area (Å²) in [4.78, 5) is 20.6. The largest absolute Gasteiger partial charge is 0.476 e. The number of hydrogen-bond donors (Lipinski definition) is 2. The Labute approximate surface area is 105 Å². The molecule has 0 aliphatic carbocycles. The van der Waals surface area contributed by atoms with Gasteiger partial charge >= 0.3 is 5.97 Å². The van der Waals surface area contributed by atoms with Gasteiger partial charge in [-0.05, 0) is 6.92 Å². The van der Waals surface area contributed by atoms with Crippen molar-refractivity contribution in [2.24, 2.45) is 5.41 Å². The molecule has 2 N–H and O–H groups in total. The molecule has 2 rings (SSSR count). The fourth-order valence-electron chi connectivity index (χ4n) is 2.06. The second-order valence-corrected chi connectivity index (χ2v) is 5.58. The summed E-state index contributed by atoms with van der Waals surface area (Å²) in [6.45, 7) is 6.75. The van der Waals surface area contributed by atoms with Gasteiger partial charge in [-0.15, -0.1) is 0 Å². The van der Waals surface area contributed by atoms with Gasteiger partial charge in [-0.1, -0.05) is 13.8 Å². The van der Waals surface area contributed by atoms with Crippen LogP contribution in [0, 0.1) is 5.41 Å². The van der Waals surface area contributed by atoms with Crippen LogP contribution in [0.4, 0.5) is 5.82 Å². The van der Waals surface area contributed by atoms with E-state index in [1.54, 1.807) is 6.92 Å². The van der Waals surface area contributed by atoms with Crippen LogP contribution in [0.2, 0.25) is 0 Å². The highest BCUT2D eigenvalue weighted by Crippen LogP contribution is 2.39. The third kappa shape index (κ3) is 2.03. The van der Waals surface area contributed by atoms with E-state index in [9.17, 15) is 9.90 Å². The van der Waals surface area contributed by atoms with E-state index in [-0.39, 0.29) is 11.1 Å². The number of nitrogens with zero attached hydrogens (tertiary/aromatic N) is 3. The number of carboxylic acids is 1. The molecule has 6 heteroatoms. The Morgan fingerprint density at radius 1 is 1.33 bits per heavy atom. The van der Waals surface area contributed by atoms with E-state index in [4.69, 9.17) is 5.11 Å². The zero-order valence-corrected chi connectivity index (χ0v) is 10.7. The number of aromatic nitrogens is 2. The second kappa shape index (κ2) is 3.91. The SMILES string of the molecule is CC1(C)CN(c2cncc(C(=O)O)n2)C[C@@]1(C)O. The lowest BCUT2D eigenvalue weighted by Gasteiger charge is -2.30. The van der Waals surface area contributed by atoms with Crippen molar-refractivity contribution in [3.05, 3.63) is 18.1 Å². The van der Waals surface area contributed by atoms with Crippen molar-refractivity contribution in [2.45, 2.75) is 26.4 Å². The lowest BCUT2D eigenvalue weighted by molar-refractivity contribution is -0.00891. The molecule has 1 fully saturated rings. The molecule has 0 radical (unpaired) electrons. The number of aliphatic hydroxyl groups is 1. The number of β-amino-alcohol motifs (C(OH)–C–C–N with tert-alkyl or cyclic N) is 1. The zero-order chi connectivity index (χ0) is 13.6. The molecule has 18 heavy (non-hydrogen) atoms. The third-order valence-corrected chi connectivity index (χ3v) is 3.71. The number of carboxylic acid groups (broad SMARTS) is 1. The molecule has 6 nitrogen and oxygen atoms in total. The topological polar surface area (TPSA) is 86.6 Å². The van der Waals surface area contributed by atoms with E-state index in [1.807, 2.05) is 18.7 Å². The average molecular weight is 251 g/mol. The van der Waals surface area contributed by atoms with Gasteiger partial charge in [-0.3, -0.25) is 4.98 Å². The van der Waals surface area contributed by atoms with Gasteiger partial charge in [-0.2, -0.15) is 0 Å². The summed E-state index contributed by atoms with van der Waals surface area (Å²) >= 11 is 0. The molecule has 0 amide bonds. The van der Waals surface area contributed by atoms with Crippen molar-refractivity contribution in [1.29, 1.82) is 0 Å². The molecule has 1 saturated heterocycles. The fraction of sp³-hybridized carbons (Fsp3) is 0.583. The molecule has 0 bridgehead atoms. The van der Waals surface area contributed by atoms with Crippen LogP contribution in [-0.2, 0) is 0 Å². The Morgan fingerprint density at radius 3 is 2.50 bits per heavy atom. The van der Waals surface area contributed by atoms with Crippen molar-refractivity contribution < 1.29 is 15.0 Å². The Morgan fingerprint density at radius 2 is 2.00 bits per heavy atom. The van der Waals surface area contributed by atoms with Crippen molar-refractivity contribution in [2.75, 3.05) is 18.0 Å². The van der Waals surface area contributed by atoms with E-state index >= 15 is 0 Å². The summed E-state index contributed by atoms with van der Waals surface area (Å²) in [5.41, 5.74) is -1.21. The first-order valence-corrected chi connectivity index (χ1v) is 5.76. The quantitative estimate of drug-likeness (QED) is 0.807. The second-order valence-electron chi connectivity index (χ2n) is 5.58. The lowest BCUT2D eigenvalue weighted by Crippen LogP contribution is -2.40. The summed E-state index contributed by atoms with van der Waals surface area (Å²) in [5.74, 6) is -0.615. The Kier molecular flexibility index (Phi) is 2.77. The van der Waals surface area contributed by atoms with Gasteiger partial charge in [0.1, 0.15) is 5.82 Å². The highest BCUT2D eigenvalue weighted by Gasteiger charge is 2.48. The van der Waals surface area contributed by atoms with Crippen molar-refractivity contribution in [3.8, 4) is 0 Å². The van der Waals surface area contributed by atoms with Crippen LogP contribution in [0.1, 0.15) is 31.3 Å². The van der Waals surface area contributed by atoms with E-state index in [1.165, 1.54) is 12.4 Å². The van der Waals surface area contributed by atoms with Crippen molar-refractivity contribution >= 4 is 11.8 Å². The molecule has 0 aromatic carbocycles. The molecule has 1 aromatic heterocycles. The van der Waals surface area contributed by atoms with Gasteiger partial charge in [0.2, 0.25) is 0 Å². The molecular formula is C12H17N3O3. The van der Waals surface area contributed by atoms with Crippen molar-refractivity contribution in [1.82, 2.24) is 9.97 Å². The van der Waals surface area contributed by atoms with Crippen LogP contribution in [0.25, 0.3) is 0 Å². The normalized spacial score (nSPS) is 26.3. The first-order chi connectivity index (χ1) is 8.23. The minimum Gasteiger partial charge on any atom is -0.476 e. The van der Waals surface area contributed by atoms with Crippen molar-refractivity contribution in [3.63, 3.8) is 0 Å². The smallest absolute Gasteiger partial charge is 0.356 e. The molecule has 0 spiro atoms. The highest BCUT2D eigenvalue weighted by atomic mass is 16.4. The van der Waals surface area contributed by atoms with Gasteiger partial charge in [0, 0.05) is 18.5 Å². The predicted octanol–water partition coefficient (Wildman–Crippen LogP) is 0.772. The Balaban J connectivity index is 2.30. The maximum Gasteiger partial charge on any atom is 0.356 e. The van der Waals surface area contributed by atoms with Gasteiger partial charge in [0.05, 0.1) is 18.0 Å². The summed E-state index contributed by atoms with van der Waals surface area (Å²) in [7, 11) is 0. The number of anilines is 1. The molecule has 1 aliphatic rings. The van der Waals surface area contributed by atoms with Gasteiger partial charge < -0.3 is 15.1 Å². The average Bonchev–Trinajstić information content (AvgIpc) is 2.48. The van der Waals surface area contributed by atoms with Crippen LogP contribution in [0.15, 0.2) is 12.4 Å². The molecular weight excluding hydrogens is 234 g/mol. The Hall–Kier alpha value is -1.69. The highest BCUT2D eigenvalue weighted by molar-refractivity contribution is 5.85. The lowest BCUT2D eigenvalue weighted by atomic mass is 9.79. The maximum atomic E-state index is 10.9. The molecule has 1 aromatic rings. The number of rotatable bonds is 2. The minimum absolute atomic E-state index is 0.0863. The summed E-state index contributed by atoms with van der Waals surface area (Å²) < 4.78 is 0. The van der Waals surface area contributed by atoms with Gasteiger partial charge in [0.15, 0.2) is 5.69 Å². The first-order valence-electron chi connectivity index (χ1n) is 5.76. The van der Waals surface area contributed by atoms with Gasteiger partial charge in [-0.25, -0.2) is 9.78 Å². The van der Waals surface area contributed by atoms with Crippen LogP contribution < -0.4 is 4.90 Å². The number of hydrogen-bond acceptors (Lipinski definition) is 5. The zero-order valence-electron chi connectivity index (χ0n) is 10.7. The first kappa shape index (κ1) is 12.8. The monoisotopic (exact) mass is 251 g/mol. The molecule has 98 valence electrons. The van der Waals surface area contributed by atoms with Crippen LogP contribution in [0.5, 0.6) is 0 Å². The molecule has 0 saturated carbocycles. The number of aromatic carboxylic acids is 1. The molecule has 1 aliphatic heterocycles. The summed E-state index contributed by atoms with van der Waals surface area (Å²) in [5, 5.41) is 19.2. The molecule has 1 atom stereocenters. The van der Waals surface area contributed by atoms with Crippen LogP contribution in [-0.4, -0.2) is 44.8 Å². The third-order valence-electron chi connectivity index (χ3n) is 3.71. The minimum atomic E-state index is -1.10. The maximum absolute atomic E-state index is 10.9. The molecule has 2 heterocycles. The number of carbonyl (C=O) groups is 1. The molecule has 0 unspecified atom stereocenters. The summed E-state index contributed by atoms with van der Waals surface area (Å²) in [6.07, 6.45) is 2.73. The van der Waals surface area contributed by atoms with E-state index in [2.05, 4.69) is 9.97 Å². The predicted molar refractivity (Wildman–Crippen MR) is 65.6 cm³/mol. The standard InChI is InChI=1S/C12H17N3O3/c1-11(2)6-15(7-12(11,3)18)9-5-13-4-8(14-9)10(16)17/h4-5,18H,6-7H2,1-3H3,(H,16,17)/t12-/m1/s1. The fourth-order valence-corrected chi connectivity index (χ4v) is 2.06. The Bertz CT molecular complexity index is 469. The van der Waals surface area contributed by atoms with E-state index in [0.717, 1.165) is 0 Å². The van der Waals surface area contributed by atoms with Crippen LogP contribution >= 0.6 is 0 Å². The van der Waals surface area contributed by atoms with Crippen LogP contribution in [0.3, 0.4) is 0 Å². The van der Waals surface area contributed by atoms with Gasteiger partial charge in [0.25, 0.3) is 0 Å². The van der Waals surface area contributed by atoms with E-state index in [0.29, 0.717) is 18.9 Å².